The van der Waals surface area contributed by atoms with Crippen LogP contribution in [0.4, 0.5) is 0 Å². The number of sulfonamides is 1. The fourth-order valence-electron chi connectivity index (χ4n) is 3.68. The van der Waals surface area contributed by atoms with E-state index in [-0.39, 0.29) is 10.9 Å². The Hall–Kier alpha value is -1.02. The third-order valence-corrected chi connectivity index (χ3v) is 7.27. The lowest BCUT2D eigenvalue weighted by atomic mass is 9.83. The van der Waals surface area contributed by atoms with Gasteiger partial charge in [0.25, 0.3) is 0 Å². The second-order valence-electron chi connectivity index (χ2n) is 7.49. The summed E-state index contributed by atoms with van der Waals surface area (Å²) >= 11 is 0. The molecule has 132 valence electrons. The molecule has 1 N–H and O–H groups in total. The van der Waals surface area contributed by atoms with E-state index in [1.807, 2.05) is 12.4 Å². The Kier molecular flexibility index (Phi) is 4.36. The highest BCUT2D eigenvalue weighted by Crippen LogP contribution is 2.36. The molecule has 0 radical (unpaired) electrons. The highest BCUT2D eigenvalue weighted by molar-refractivity contribution is 7.90. The Morgan fingerprint density at radius 2 is 2.00 bits per heavy atom. The van der Waals surface area contributed by atoms with Crippen LogP contribution >= 0.6 is 0 Å². The Balaban J connectivity index is 1.20. The molecule has 0 aromatic carbocycles. The van der Waals surface area contributed by atoms with E-state index in [0.717, 1.165) is 45.3 Å². The van der Waals surface area contributed by atoms with Crippen LogP contribution in [0.2, 0.25) is 0 Å². The Labute approximate surface area is 143 Å². The maximum atomic E-state index is 11.9. The summed E-state index contributed by atoms with van der Waals surface area (Å²) in [6, 6.07) is 4.10. The molecule has 3 fully saturated rings. The molecular formula is C17H25N3O3S. The first-order chi connectivity index (χ1) is 11.5. The highest BCUT2D eigenvalue weighted by atomic mass is 32.2. The number of hydrogen-bond acceptors (Lipinski definition) is 5. The lowest BCUT2D eigenvalue weighted by Gasteiger charge is -2.53. The van der Waals surface area contributed by atoms with Gasteiger partial charge in [-0.3, -0.25) is 9.88 Å². The van der Waals surface area contributed by atoms with Gasteiger partial charge in [0.15, 0.2) is 0 Å². The van der Waals surface area contributed by atoms with Crippen molar-refractivity contribution in [2.24, 2.45) is 5.92 Å². The molecule has 1 saturated carbocycles. The van der Waals surface area contributed by atoms with Crippen LogP contribution in [-0.4, -0.2) is 55.4 Å². The van der Waals surface area contributed by atoms with Gasteiger partial charge < -0.3 is 4.74 Å². The van der Waals surface area contributed by atoms with E-state index in [9.17, 15) is 8.42 Å². The lowest BCUT2D eigenvalue weighted by Crippen LogP contribution is -2.64. The SMILES string of the molecule is O=S(=O)(NC[C@H]1CCC2(CN(Cc3ccncc3)C2)OC1)C1CC1. The normalized spacial score (nSPS) is 27.1. The maximum Gasteiger partial charge on any atom is 0.214 e. The zero-order valence-electron chi connectivity index (χ0n) is 13.9. The fraction of sp³-hybridized carbons (Fsp3) is 0.706. The molecule has 4 rings (SSSR count). The summed E-state index contributed by atoms with van der Waals surface area (Å²) in [7, 11) is -3.07. The summed E-state index contributed by atoms with van der Waals surface area (Å²) in [6.07, 6.45) is 7.34. The summed E-state index contributed by atoms with van der Waals surface area (Å²) < 4.78 is 32.7. The van der Waals surface area contributed by atoms with Gasteiger partial charge in [-0.15, -0.1) is 0 Å². The molecule has 1 spiro atoms. The largest absolute Gasteiger partial charge is 0.372 e. The third-order valence-electron chi connectivity index (χ3n) is 5.35. The second kappa shape index (κ2) is 6.37. The van der Waals surface area contributed by atoms with E-state index in [1.165, 1.54) is 5.56 Å². The topological polar surface area (TPSA) is 71.5 Å². The third kappa shape index (κ3) is 3.64. The van der Waals surface area contributed by atoms with Crippen molar-refractivity contribution in [2.75, 3.05) is 26.2 Å². The van der Waals surface area contributed by atoms with Gasteiger partial charge in [-0.1, -0.05) is 0 Å². The minimum Gasteiger partial charge on any atom is -0.372 e. The average molecular weight is 351 g/mol. The number of likely N-dealkylation sites (tertiary alicyclic amines) is 1. The van der Waals surface area contributed by atoms with Crippen molar-refractivity contribution < 1.29 is 13.2 Å². The summed E-state index contributed by atoms with van der Waals surface area (Å²) in [6.45, 7) is 4.07. The second-order valence-corrected chi connectivity index (χ2v) is 9.54. The van der Waals surface area contributed by atoms with Crippen molar-refractivity contribution >= 4 is 10.0 Å². The van der Waals surface area contributed by atoms with Crippen LogP contribution in [0.3, 0.4) is 0 Å². The molecule has 24 heavy (non-hydrogen) atoms. The summed E-state index contributed by atoms with van der Waals surface area (Å²) in [5.74, 6) is 0.304. The van der Waals surface area contributed by atoms with Crippen molar-refractivity contribution in [3.8, 4) is 0 Å². The molecule has 0 unspecified atom stereocenters. The van der Waals surface area contributed by atoms with Gasteiger partial charge in [0.1, 0.15) is 0 Å². The van der Waals surface area contributed by atoms with Gasteiger partial charge in [-0.2, -0.15) is 0 Å². The van der Waals surface area contributed by atoms with Crippen LogP contribution in [0.5, 0.6) is 0 Å². The number of nitrogens with one attached hydrogen (secondary N) is 1. The first-order valence-corrected chi connectivity index (χ1v) is 10.3. The van der Waals surface area contributed by atoms with Crippen LogP contribution in [0.15, 0.2) is 24.5 Å². The van der Waals surface area contributed by atoms with Gasteiger partial charge >= 0.3 is 0 Å². The van der Waals surface area contributed by atoms with E-state index < -0.39 is 10.0 Å². The van der Waals surface area contributed by atoms with Crippen LogP contribution in [-0.2, 0) is 21.3 Å². The predicted octanol–water partition coefficient (Wildman–Crippen LogP) is 1.14. The molecule has 0 amide bonds. The van der Waals surface area contributed by atoms with Crippen molar-refractivity contribution in [1.82, 2.24) is 14.6 Å². The van der Waals surface area contributed by atoms with Crippen LogP contribution in [0, 0.1) is 5.92 Å². The first-order valence-electron chi connectivity index (χ1n) is 8.78. The summed E-state index contributed by atoms with van der Waals surface area (Å²) in [5.41, 5.74) is 1.28. The van der Waals surface area contributed by atoms with Crippen LogP contribution < -0.4 is 4.72 Å². The number of aromatic nitrogens is 1. The zero-order chi connectivity index (χ0) is 16.6. The molecule has 2 aliphatic heterocycles. The predicted molar refractivity (Wildman–Crippen MR) is 90.9 cm³/mol. The number of rotatable bonds is 6. The lowest BCUT2D eigenvalue weighted by molar-refractivity contribution is -0.181. The highest BCUT2D eigenvalue weighted by Gasteiger charge is 2.46. The van der Waals surface area contributed by atoms with Crippen molar-refractivity contribution in [1.29, 1.82) is 0 Å². The molecule has 1 aliphatic carbocycles. The number of hydrogen-bond donors (Lipinski definition) is 1. The van der Waals surface area contributed by atoms with E-state index in [0.29, 0.717) is 19.1 Å². The molecule has 1 atom stereocenters. The van der Waals surface area contributed by atoms with Gasteiger partial charge in [0, 0.05) is 38.6 Å². The Bertz CT molecular complexity index is 660. The molecular weight excluding hydrogens is 326 g/mol. The van der Waals surface area contributed by atoms with Gasteiger partial charge in [0.05, 0.1) is 17.5 Å². The van der Waals surface area contributed by atoms with Crippen LogP contribution in [0.1, 0.15) is 31.2 Å². The maximum absolute atomic E-state index is 11.9. The van der Waals surface area contributed by atoms with E-state index >= 15 is 0 Å². The minimum atomic E-state index is -3.07. The molecule has 7 heteroatoms. The summed E-state index contributed by atoms with van der Waals surface area (Å²) in [4.78, 5) is 6.44. The molecule has 1 aromatic heterocycles. The number of pyridine rings is 1. The standard InChI is InChI=1S/C17H25N3O3S/c21-24(22,16-1-2-16)19-9-15-3-6-17(23-11-15)12-20(13-17)10-14-4-7-18-8-5-14/h4-5,7-8,15-16,19H,1-3,6,9-13H2/t15-/m1/s1. The first kappa shape index (κ1) is 16.4. The van der Waals surface area contributed by atoms with Crippen molar-refractivity contribution in [2.45, 2.75) is 43.1 Å². The van der Waals surface area contributed by atoms with Crippen molar-refractivity contribution in [3.63, 3.8) is 0 Å². The molecule has 1 aromatic rings. The van der Waals surface area contributed by atoms with Crippen LogP contribution in [0.25, 0.3) is 0 Å². The molecule has 3 aliphatic rings. The van der Waals surface area contributed by atoms with E-state index in [4.69, 9.17) is 4.74 Å². The molecule has 6 nitrogen and oxygen atoms in total. The number of ether oxygens (including phenoxy) is 1. The molecule has 2 saturated heterocycles. The van der Waals surface area contributed by atoms with E-state index in [1.54, 1.807) is 0 Å². The smallest absolute Gasteiger partial charge is 0.214 e. The average Bonchev–Trinajstić information content (AvgIpc) is 3.39. The van der Waals surface area contributed by atoms with Gasteiger partial charge in [-0.05, 0) is 49.3 Å². The molecule has 3 heterocycles. The monoisotopic (exact) mass is 351 g/mol. The van der Waals surface area contributed by atoms with Gasteiger partial charge in [-0.25, -0.2) is 13.1 Å². The quantitative estimate of drug-likeness (QED) is 0.832. The molecule has 0 bridgehead atoms. The minimum absolute atomic E-state index is 0.00109. The van der Waals surface area contributed by atoms with E-state index in [2.05, 4.69) is 26.7 Å². The Morgan fingerprint density at radius 1 is 1.25 bits per heavy atom. The summed E-state index contributed by atoms with van der Waals surface area (Å²) in [5, 5.41) is -0.137. The fourth-order valence-corrected chi connectivity index (χ4v) is 5.15. The van der Waals surface area contributed by atoms with Crippen molar-refractivity contribution in [3.05, 3.63) is 30.1 Å². The number of nitrogens with zero attached hydrogens (tertiary/aromatic N) is 2. The Morgan fingerprint density at radius 3 is 2.62 bits per heavy atom. The van der Waals surface area contributed by atoms with Gasteiger partial charge in [0.2, 0.25) is 10.0 Å². The zero-order valence-corrected chi connectivity index (χ0v) is 14.7.